The highest BCUT2D eigenvalue weighted by Gasteiger charge is 2.44. The van der Waals surface area contributed by atoms with Crippen molar-refractivity contribution in [1.82, 2.24) is 9.80 Å². The Kier molecular flexibility index (Phi) is 4.50. The largest absolute Gasteiger partial charge is 0.481 e. The Labute approximate surface area is 132 Å². The zero-order chi connectivity index (χ0) is 15.6. The molecule has 4 nitrogen and oxygen atoms in total. The number of benzene rings is 1. The second-order valence-corrected chi connectivity index (χ2v) is 6.83. The van der Waals surface area contributed by atoms with Crippen LogP contribution < -0.4 is 0 Å². The fraction of sp³-hybridized carbons (Fsp3) is 0.611. The normalized spacial score (nSPS) is 22.8. The number of likely N-dealkylation sites (N-methyl/N-ethyl adjacent to an activating group) is 1. The van der Waals surface area contributed by atoms with Crippen LogP contribution in [-0.4, -0.2) is 54.1 Å². The molecule has 0 amide bonds. The summed E-state index contributed by atoms with van der Waals surface area (Å²) in [6, 6.07) is 8.20. The van der Waals surface area contributed by atoms with Crippen molar-refractivity contribution in [2.75, 3.05) is 33.2 Å². The van der Waals surface area contributed by atoms with E-state index < -0.39 is 11.4 Å². The van der Waals surface area contributed by atoms with Crippen LogP contribution in [0.25, 0.3) is 0 Å². The van der Waals surface area contributed by atoms with E-state index in [1.54, 1.807) is 0 Å². The topological polar surface area (TPSA) is 43.8 Å². The summed E-state index contributed by atoms with van der Waals surface area (Å²) in [4.78, 5) is 16.8. The van der Waals surface area contributed by atoms with Crippen LogP contribution in [0, 0.1) is 0 Å². The predicted molar refractivity (Wildman–Crippen MR) is 87.0 cm³/mol. The minimum absolute atomic E-state index is 0.643. The van der Waals surface area contributed by atoms with Gasteiger partial charge >= 0.3 is 5.97 Å². The average molecular weight is 302 g/mol. The first-order chi connectivity index (χ1) is 10.6. The van der Waals surface area contributed by atoms with Crippen LogP contribution in [-0.2, 0) is 16.8 Å². The number of carboxylic acid groups (broad SMARTS) is 1. The van der Waals surface area contributed by atoms with Crippen LogP contribution in [0.2, 0.25) is 0 Å². The van der Waals surface area contributed by atoms with Crippen LogP contribution in [0.1, 0.15) is 36.8 Å². The highest BCUT2D eigenvalue weighted by molar-refractivity contribution is 5.82. The summed E-state index contributed by atoms with van der Waals surface area (Å²) in [6.07, 6.45) is 3.61. The number of hydrogen-bond donors (Lipinski definition) is 1. The van der Waals surface area contributed by atoms with E-state index in [4.69, 9.17) is 0 Å². The molecule has 1 heterocycles. The van der Waals surface area contributed by atoms with Gasteiger partial charge in [-0.15, -0.1) is 0 Å². The van der Waals surface area contributed by atoms with Gasteiger partial charge in [-0.3, -0.25) is 9.69 Å². The smallest absolute Gasteiger partial charge is 0.314 e. The van der Waals surface area contributed by atoms with Gasteiger partial charge in [-0.05, 0) is 31.0 Å². The van der Waals surface area contributed by atoms with E-state index in [0.29, 0.717) is 0 Å². The van der Waals surface area contributed by atoms with E-state index in [0.717, 1.165) is 64.0 Å². The molecule has 1 aromatic carbocycles. The Hall–Kier alpha value is -1.39. The summed E-state index contributed by atoms with van der Waals surface area (Å²) in [5.74, 6) is -0.643. The van der Waals surface area contributed by atoms with Crippen LogP contribution in [0.4, 0.5) is 0 Å². The molecular weight excluding hydrogens is 276 g/mol. The SMILES string of the molecule is CN1CCN(Cc2ccccc2C2(C(=O)O)CCCC2)CC1. The lowest BCUT2D eigenvalue weighted by Gasteiger charge is -2.34. The van der Waals surface area contributed by atoms with Gasteiger partial charge in [-0.2, -0.15) is 0 Å². The molecule has 0 unspecified atom stereocenters. The molecule has 0 bridgehead atoms. The molecule has 0 radical (unpaired) electrons. The van der Waals surface area contributed by atoms with Gasteiger partial charge in [0.2, 0.25) is 0 Å². The van der Waals surface area contributed by atoms with Crippen molar-refractivity contribution in [3.05, 3.63) is 35.4 Å². The third-order valence-corrected chi connectivity index (χ3v) is 5.39. The minimum atomic E-state index is -0.650. The number of hydrogen-bond acceptors (Lipinski definition) is 3. The fourth-order valence-electron chi connectivity index (χ4n) is 3.95. The van der Waals surface area contributed by atoms with Crippen LogP contribution in [0.3, 0.4) is 0 Å². The van der Waals surface area contributed by atoms with Gasteiger partial charge in [0.15, 0.2) is 0 Å². The molecule has 4 heteroatoms. The summed E-state index contributed by atoms with van der Waals surface area (Å²) < 4.78 is 0. The molecule has 1 aliphatic carbocycles. The second kappa shape index (κ2) is 6.39. The Bertz CT molecular complexity index is 530. The van der Waals surface area contributed by atoms with E-state index in [9.17, 15) is 9.90 Å². The molecule has 1 saturated heterocycles. The van der Waals surface area contributed by atoms with Gasteiger partial charge < -0.3 is 10.0 Å². The molecule has 2 fully saturated rings. The monoisotopic (exact) mass is 302 g/mol. The number of carboxylic acids is 1. The molecule has 3 rings (SSSR count). The molecule has 0 atom stereocenters. The van der Waals surface area contributed by atoms with Crippen LogP contribution >= 0.6 is 0 Å². The maximum Gasteiger partial charge on any atom is 0.314 e. The average Bonchev–Trinajstić information content (AvgIpc) is 3.01. The van der Waals surface area contributed by atoms with Gasteiger partial charge in [-0.25, -0.2) is 0 Å². The first kappa shape index (κ1) is 15.5. The third kappa shape index (κ3) is 2.90. The Morgan fingerprint density at radius 3 is 2.41 bits per heavy atom. The second-order valence-electron chi connectivity index (χ2n) is 6.83. The zero-order valence-corrected chi connectivity index (χ0v) is 13.4. The van der Waals surface area contributed by atoms with Crippen LogP contribution in [0.15, 0.2) is 24.3 Å². The molecule has 2 aliphatic rings. The Morgan fingerprint density at radius 2 is 1.77 bits per heavy atom. The van der Waals surface area contributed by atoms with Crippen molar-refractivity contribution in [2.45, 2.75) is 37.6 Å². The molecule has 22 heavy (non-hydrogen) atoms. The molecule has 1 aromatic rings. The quantitative estimate of drug-likeness (QED) is 0.927. The van der Waals surface area contributed by atoms with Crippen LogP contribution in [0.5, 0.6) is 0 Å². The summed E-state index contributed by atoms with van der Waals surface area (Å²) in [7, 11) is 2.16. The molecule has 1 aliphatic heterocycles. The first-order valence-electron chi connectivity index (χ1n) is 8.34. The number of piperazine rings is 1. The van der Waals surface area contributed by atoms with E-state index in [-0.39, 0.29) is 0 Å². The maximum atomic E-state index is 12.0. The first-order valence-corrected chi connectivity index (χ1v) is 8.34. The number of carbonyl (C=O) groups is 1. The Morgan fingerprint density at radius 1 is 1.14 bits per heavy atom. The number of rotatable bonds is 4. The minimum Gasteiger partial charge on any atom is -0.481 e. The van der Waals surface area contributed by atoms with Crippen molar-refractivity contribution in [3.8, 4) is 0 Å². The third-order valence-electron chi connectivity index (χ3n) is 5.39. The zero-order valence-electron chi connectivity index (χ0n) is 13.4. The van der Waals surface area contributed by atoms with Gasteiger partial charge in [0.1, 0.15) is 0 Å². The molecule has 1 saturated carbocycles. The molecule has 0 aromatic heterocycles. The van der Waals surface area contributed by atoms with E-state index in [2.05, 4.69) is 22.9 Å². The summed E-state index contributed by atoms with van der Waals surface area (Å²) in [6.45, 7) is 5.17. The number of aliphatic carboxylic acids is 1. The van der Waals surface area contributed by atoms with Crippen molar-refractivity contribution in [1.29, 1.82) is 0 Å². The van der Waals surface area contributed by atoms with E-state index in [1.807, 2.05) is 18.2 Å². The van der Waals surface area contributed by atoms with Gasteiger partial charge in [-0.1, -0.05) is 37.1 Å². The lowest BCUT2D eigenvalue weighted by atomic mass is 9.76. The lowest BCUT2D eigenvalue weighted by Crippen LogP contribution is -2.44. The maximum absolute atomic E-state index is 12.0. The lowest BCUT2D eigenvalue weighted by molar-refractivity contribution is -0.143. The van der Waals surface area contributed by atoms with Gasteiger partial charge in [0.25, 0.3) is 0 Å². The van der Waals surface area contributed by atoms with Crippen molar-refractivity contribution in [2.24, 2.45) is 0 Å². The van der Waals surface area contributed by atoms with Gasteiger partial charge in [0, 0.05) is 32.7 Å². The van der Waals surface area contributed by atoms with E-state index >= 15 is 0 Å². The van der Waals surface area contributed by atoms with Crippen molar-refractivity contribution in [3.63, 3.8) is 0 Å². The highest BCUT2D eigenvalue weighted by Crippen LogP contribution is 2.43. The highest BCUT2D eigenvalue weighted by atomic mass is 16.4. The standard InChI is InChI=1S/C18H26N2O2/c1-19-10-12-20(13-11-19)14-15-6-2-3-7-16(15)18(17(21)22)8-4-5-9-18/h2-3,6-7H,4-5,8-14H2,1H3,(H,21,22). The number of nitrogens with zero attached hydrogens (tertiary/aromatic N) is 2. The summed E-state index contributed by atoms with van der Waals surface area (Å²) in [5.41, 5.74) is 1.61. The van der Waals surface area contributed by atoms with Gasteiger partial charge in [0.05, 0.1) is 5.41 Å². The molecular formula is C18H26N2O2. The van der Waals surface area contributed by atoms with E-state index in [1.165, 1.54) is 5.56 Å². The molecule has 120 valence electrons. The molecule has 1 N–H and O–H groups in total. The fourth-order valence-corrected chi connectivity index (χ4v) is 3.95. The summed E-state index contributed by atoms with van der Waals surface area (Å²) >= 11 is 0. The predicted octanol–water partition coefficient (Wildman–Crippen LogP) is 2.33. The van der Waals surface area contributed by atoms with Crippen molar-refractivity contribution < 1.29 is 9.90 Å². The molecule has 0 spiro atoms. The Balaban J connectivity index is 1.85. The van der Waals surface area contributed by atoms with Crippen molar-refractivity contribution >= 4 is 5.97 Å². The summed E-state index contributed by atoms with van der Waals surface area (Å²) in [5, 5.41) is 9.86.